The number of esters is 1. The first kappa shape index (κ1) is 32.5. The molecular weight excluding hydrogens is 404 g/mol. The third kappa shape index (κ3) is 23.0. The molecule has 0 saturated carbocycles. The first-order chi connectivity index (χ1) is 16.2. The van der Waals surface area contributed by atoms with Crippen molar-refractivity contribution >= 4 is 5.97 Å². The molecule has 0 amide bonds. The van der Waals surface area contributed by atoms with Crippen molar-refractivity contribution in [2.45, 2.75) is 175 Å². The van der Waals surface area contributed by atoms with Crippen molar-refractivity contribution in [3.05, 3.63) is 0 Å². The number of unbranched alkanes of at least 4 members (excludes halogenated alkanes) is 17. The topological polar surface area (TPSA) is 26.3 Å². The first-order valence-corrected chi connectivity index (χ1v) is 15.3. The number of ether oxygens (including phenoxy) is 1. The summed E-state index contributed by atoms with van der Waals surface area (Å²) in [6, 6.07) is 0. The molecule has 0 aliphatic heterocycles. The van der Waals surface area contributed by atoms with E-state index in [4.69, 9.17) is 4.74 Å². The van der Waals surface area contributed by atoms with Gasteiger partial charge in [-0.3, -0.25) is 4.79 Å². The van der Waals surface area contributed by atoms with Crippen molar-refractivity contribution in [1.29, 1.82) is 0 Å². The second kappa shape index (κ2) is 26.1. The molecule has 0 heterocycles. The zero-order valence-corrected chi connectivity index (χ0v) is 23.4. The minimum atomic E-state index is 0.0472. The lowest BCUT2D eigenvalue weighted by Crippen LogP contribution is -2.19. The summed E-state index contributed by atoms with van der Waals surface area (Å²) in [5.74, 6) is 0.681. The lowest BCUT2D eigenvalue weighted by molar-refractivity contribution is -0.149. The standard InChI is InChI=1S/C31H62O2/c1-5-8-11-13-15-17-18-20-23-25-29(4)31(32)33-28-30(26-22-10-7-3)27-24-21-19-16-14-12-9-6-2/h29-30H,5-28H2,1-4H3. The van der Waals surface area contributed by atoms with Gasteiger partial charge in [0.1, 0.15) is 0 Å². The van der Waals surface area contributed by atoms with E-state index in [0.29, 0.717) is 12.5 Å². The Balaban J connectivity index is 3.93. The van der Waals surface area contributed by atoms with Crippen molar-refractivity contribution in [1.82, 2.24) is 0 Å². The van der Waals surface area contributed by atoms with E-state index in [0.717, 1.165) is 6.42 Å². The van der Waals surface area contributed by atoms with Crippen molar-refractivity contribution in [3.8, 4) is 0 Å². The third-order valence-corrected chi connectivity index (χ3v) is 7.29. The largest absolute Gasteiger partial charge is 0.465 e. The van der Waals surface area contributed by atoms with E-state index in [-0.39, 0.29) is 11.9 Å². The molecule has 0 saturated heterocycles. The molecule has 0 aliphatic rings. The molecule has 0 spiro atoms. The number of hydrogen-bond donors (Lipinski definition) is 0. The van der Waals surface area contributed by atoms with Crippen LogP contribution in [0.2, 0.25) is 0 Å². The van der Waals surface area contributed by atoms with Gasteiger partial charge in [-0.25, -0.2) is 0 Å². The Kier molecular flexibility index (Phi) is 25.7. The van der Waals surface area contributed by atoms with Gasteiger partial charge in [0, 0.05) is 0 Å². The van der Waals surface area contributed by atoms with Crippen LogP contribution in [0.15, 0.2) is 0 Å². The molecule has 0 rings (SSSR count). The molecule has 0 aromatic rings. The van der Waals surface area contributed by atoms with Crippen LogP contribution in [0.25, 0.3) is 0 Å². The Labute approximate surface area is 209 Å². The van der Waals surface area contributed by atoms with Crippen molar-refractivity contribution < 1.29 is 9.53 Å². The maximum absolute atomic E-state index is 12.5. The zero-order valence-electron chi connectivity index (χ0n) is 23.4. The van der Waals surface area contributed by atoms with Gasteiger partial charge in [-0.2, -0.15) is 0 Å². The Morgan fingerprint density at radius 1 is 0.515 bits per heavy atom. The molecule has 2 unspecified atom stereocenters. The predicted octanol–water partition coefficient (Wildman–Crippen LogP) is 10.8. The molecule has 0 aromatic carbocycles. The normalized spacial score (nSPS) is 13.2. The van der Waals surface area contributed by atoms with Crippen LogP contribution in [0.1, 0.15) is 175 Å². The molecule has 33 heavy (non-hydrogen) atoms. The fourth-order valence-corrected chi connectivity index (χ4v) is 4.78. The molecule has 0 bridgehead atoms. The van der Waals surface area contributed by atoms with Crippen LogP contribution in [-0.2, 0) is 9.53 Å². The highest BCUT2D eigenvalue weighted by atomic mass is 16.5. The van der Waals surface area contributed by atoms with Crippen molar-refractivity contribution in [2.24, 2.45) is 11.8 Å². The van der Waals surface area contributed by atoms with Crippen LogP contribution >= 0.6 is 0 Å². The van der Waals surface area contributed by atoms with E-state index in [2.05, 4.69) is 27.7 Å². The number of rotatable bonds is 26. The van der Waals surface area contributed by atoms with Gasteiger partial charge >= 0.3 is 5.97 Å². The summed E-state index contributed by atoms with van der Waals surface area (Å²) in [6.45, 7) is 9.54. The quantitative estimate of drug-likeness (QED) is 0.0935. The van der Waals surface area contributed by atoms with Crippen LogP contribution < -0.4 is 0 Å². The number of hydrogen-bond acceptors (Lipinski definition) is 2. The van der Waals surface area contributed by atoms with Gasteiger partial charge in [-0.05, 0) is 25.2 Å². The summed E-state index contributed by atoms with van der Waals surface area (Å²) < 4.78 is 5.81. The fourth-order valence-electron chi connectivity index (χ4n) is 4.78. The Bertz CT molecular complexity index is 392. The minimum absolute atomic E-state index is 0.0472. The molecule has 2 atom stereocenters. The molecule has 2 heteroatoms. The number of carbonyl (C=O) groups is 1. The lowest BCUT2D eigenvalue weighted by atomic mass is 9.95. The van der Waals surface area contributed by atoms with Crippen LogP contribution in [0.4, 0.5) is 0 Å². The second-order valence-electron chi connectivity index (χ2n) is 10.8. The predicted molar refractivity (Wildman–Crippen MR) is 147 cm³/mol. The molecule has 0 radical (unpaired) electrons. The Hall–Kier alpha value is -0.530. The lowest BCUT2D eigenvalue weighted by Gasteiger charge is -2.19. The van der Waals surface area contributed by atoms with Gasteiger partial charge in [0.05, 0.1) is 12.5 Å². The third-order valence-electron chi connectivity index (χ3n) is 7.29. The van der Waals surface area contributed by atoms with E-state index >= 15 is 0 Å². The zero-order chi connectivity index (χ0) is 24.4. The summed E-state index contributed by atoms with van der Waals surface area (Å²) in [5, 5.41) is 0. The summed E-state index contributed by atoms with van der Waals surface area (Å²) in [7, 11) is 0. The van der Waals surface area contributed by atoms with E-state index in [1.54, 1.807) is 0 Å². The molecule has 0 aliphatic carbocycles. The van der Waals surface area contributed by atoms with Crippen LogP contribution in [0.5, 0.6) is 0 Å². The minimum Gasteiger partial charge on any atom is -0.465 e. The first-order valence-electron chi connectivity index (χ1n) is 15.3. The Morgan fingerprint density at radius 3 is 1.30 bits per heavy atom. The Morgan fingerprint density at radius 2 is 0.848 bits per heavy atom. The van der Waals surface area contributed by atoms with E-state index < -0.39 is 0 Å². The van der Waals surface area contributed by atoms with Crippen LogP contribution in [0, 0.1) is 11.8 Å². The van der Waals surface area contributed by atoms with Gasteiger partial charge in [0.25, 0.3) is 0 Å². The molecule has 0 fully saturated rings. The summed E-state index contributed by atoms with van der Waals surface area (Å²) in [5.41, 5.74) is 0. The monoisotopic (exact) mass is 466 g/mol. The van der Waals surface area contributed by atoms with E-state index in [9.17, 15) is 4.79 Å². The second-order valence-corrected chi connectivity index (χ2v) is 10.8. The molecule has 0 aromatic heterocycles. The summed E-state index contributed by atoms with van der Waals surface area (Å²) >= 11 is 0. The summed E-state index contributed by atoms with van der Waals surface area (Å²) in [4.78, 5) is 12.5. The highest BCUT2D eigenvalue weighted by Crippen LogP contribution is 2.21. The average Bonchev–Trinajstić information content (AvgIpc) is 2.82. The average molecular weight is 467 g/mol. The van der Waals surface area contributed by atoms with Crippen molar-refractivity contribution in [3.63, 3.8) is 0 Å². The van der Waals surface area contributed by atoms with Gasteiger partial charge in [0.2, 0.25) is 0 Å². The van der Waals surface area contributed by atoms with Gasteiger partial charge in [-0.1, -0.05) is 156 Å². The van der Waals surface area contributed by atoms with Crippen molar-refractivity contribution in [2.75, 3.05) is 6.61 Å². The molecule has 0 N–H and O–H groups in total. The maximum Gasteiger partial charge on any atom is 0.308 e. The van der Waals surface area contributed by atoms with E-state index in [1.165, 1.54) is 141 Å². The SMILES string of the molecule is CCCCCCCCCCCC(C)C(=O)OCC(CCCCC)CCCCCCCCCC. The van der Waals surface area contributed by atoms with Gasteiger partial charge in [-0.15, -0.1) is 0 Å². The molecule has 198 valence electrons. The number of carbonyl (C=O) groups excluding carboxylic acids is 1. The molecular formula is C31H62O2. The van der Waals surface area contributed by atoms with E-state index in [1.807, 2.05) is 0 Å². The highest BCUT2D eigenvalue weighted by molar-refractivity contribution is 5.71. The fraction of sp³-hybridized carbons (Fsp3) is 0.968. The molecule has 2 nitrogen and oxygen atoms in total. The van der Waals surface area contributed by atoms with Crippen LogP contribution in [-0.4, -0.2) is 12.6 Å². The summed E-state index contributed by atoms with van der Waals surface area (Å²) in [6.07, 6.45) is 30.3. The van der Waals surface area contributed by atoms with Gasteiger partial charge in [0.15, 0.2) is 0 Å². The van der Waals surface area contributed by atoms with Gasteiger partial charge < -0.3 is 4.74 Å². The highest BCUT2D eigenvalue weighted by Gasteiger charge is 2.17. The smallest absolute Gasteiger partial charge is 0.308 e. The van der Waals surface area contributed by atoms with Crippen LogP contribution in [0.3, 0.4) is 0 Å². The maximum atomic E-state index is 12.5.